The number of hydrogen-bond donors (Lipinski definition) is 2. The number of nitrogens with two attached hydrogens (primary N) is 1. The van der Waals surface area contributed by atoms with E-state index >= 15 is 0 Å². The lowest BCUT2D eigenvalue weighted by Gasteiger charge is -2.08. The first kappa shape index (κ1) is 10.9. The van der Waals surface area contributed by atoms with Crippen LogP contribution in [0.3, 0.4) is 0 Å². The Bertz CT molecular complexity index is 529. The number of aromatic nitrogens is 2. The maximum absolute atomic E-state index is 5.77. The average Bonchev–Trinajstić information content (AvgIpc) is 2.24. The summed E-state index contributed by atoms with van der Waals surface area (Å²) in [6, 6.07) is 0. The molecule has 0 bridgehead atoms. The number of halogens is 2. The second-order valence-electron chi connectivity index (χ2n) is 2.95. The Hall–Kier alpha value is -0.630. The number of pyridine rings is 2. The van der Waals surface area contributed by atoms with E-state index in [1.54, 1.807) is 12.4 Å². The van der Waals surface area contributed by atoms with Gasteiger partial charge in [-0.15, -0.1) is 0 Å². The van der Waals surface area contributed by atoms with E-state index < -0.39 is 0 Å². The molecule has 0 aliphatic heterocycles. The van der Waals surface area contributed by atoms with Crippen molar-refractivity contribution in [2.75, 3.05) is 18.1 Å². The summed E-state index contributed by atoms with van der Waals surface area (Å²) in [4.78, 5) is 8.38. The van der Waals surface area contributed by atoms with E-state index in [-0.39, 0.29) is 0 Å². The highest BCUT2D eigenvalue weighted by Gasteiger charge is 2.11. The molecule has 3 N–H and O–H groups in total. The number of nitrogens with zero attached hydrogens (tertiary/aromatic N) is 2. The van der Waals surface area contributed by atoms with Crippen LogP contribution in [0, 0.1) is 3.57 Å². The Morgan fingerprint density at radius 2 is 2.13 bits per heavy atom. The Labute approximate surface area is 109 Å². The van der Waals surface area contributed by atoms with Crippen LogP contribution in [-0.2, 0) is 0 Å². The summed E-state index contributed by atoms with van der Waals surface area (Å²) in [5.41, 5.74) is 5.77. The van der Waals surface area contributed by atoms with Crippen LogP contribution in [0.4, 0.5) is 11.6 Å². The second kappa shape index (κ2) is 4.09. The number of anilines is 2. The van der Waals surface area contributed by atoms with Gasteiger partial charge in [0.1, 0.15) is 11.6 Å². The largest absolute Gasteiger partial charge is 0.383 e. The van der Waals surface area contributed by atoms with Crippen molar-refractivity contribution in [2.24, 2.45) is 0 Å². The van der Waals surface area contributed by atoms with Gasteiger partial charge in [-0.25, -0.2) is 9.97 Å². The highest BCUT2D eigenvalue weighted by molar-refractivity contribution is 14.1. The lowest BCUT2D eigenvalue weighted by atomic mass is 10.2. The molecule has 0 saturated heterocycles. The van der Waals surface area contributed by atoms with Gasteiger partial charge in [-0.1, -0.05) is 0 Å². The molecule has 2 aromatic heterocycles. The maximum atomic E-state index is 5.77. The summed E-state index contributed by atoms with van der Waals surface area (Å²) >= 11 is 5.66. The third-order valence-electron chi connectivity index (χ3n) is 2.08. The van der Waals surface area contributed by atoms with Crippen LogP contribution >= 0.6 is 38.5 Å². The van der Waals surface area contributed by atoms with Crippen molar-refractivity contribution in [1.29, 1.82) is 0 Å². The normalized spacial score (nSPS) is 10.6. The molecular formula is C9H8BrIN4. The number of nitrogens with one attached hydrogen (secondary N) is 1. The molecule has 0 aromatic carbocycles. The van der Waals surface area contributed by atoms with Gasteiger partial charge in [0.05, 0.1) is 3.57 Å². The van der Waals surface area contributed by atoms with Crippen molar-refractivity contribution in [3.8, 4) is 0 Å². The van der Waals surface area contributed by atoms with Crippen LogP contribution in [0.2, 0.25) is 0 Å². The van der Waals surface area contributed by atoms with E-state index in [9.17, 15) is 0 Å². The molecule has 4 nitrogen and oxygen atoms in total. The van der Waals surface area contributed by atoms with E-state index in [1.165, 1.54) is 0 Å². The van der Waals surface area contributed by atoms with Crippen molar-refractivity contribution >= 4 is 60.9 Å². The number of rotatable bonds is 1. The summed E-state index contributed by atoms with van der Waals surface area (Å²) < 4.78 is 1.87. The van der Waals surface area contributed by atoms with Crippen LogP contribution < -0.4 is 11.1 Å². The zero-order valence-electron chi connectivity index (χ0n) is 7.88. The van der Waals surface area contributed by atoms with Crippen LogP contribution in [0.1, 0.15) is 0 Å². The van der Waals surface area contributed by atoms with Crippen molar-refractivity contribution < 1.29 is 0 Å². The van der Waals surface area contributed by atoms with Gasteiger partial charge in [0, 0.05) is 34.7 Å². The Morgan fingerprint density at radius 3 is 2.80 bits per heavy atom. The predicted octanol–water partition coefficient (Wildman–Crippen LogP) is 2.62. The number of nitrogen functional groups attached to an aromatic ring is 1. The molecule has 2 heterocycles. The van der Waals surface area contributed by atoms with E-state index in [1.807, 2.05) is 7.05 Å². The van der Waals surface area contributed by atoms with Crippen LogP contribution in [0.5, 0.6) is 0 Å². The molecule has 0 aliphatic carbocycles. The topological polar surface area (TPSA) is 63.8 Å². The van der Waals surface area contributed by atoms with Gasteiger partial charge in [-0.05, 0) is 38.5 Å². The van der Waals surface area contributed by atoms with E-state index in [2.05, 4.69) is 53.8 Å². The van der Waals surface area contributed by atoms with E-state index in [0.29, 0.717) is 5.82 Å². The Morgan fingerprint density at radius 1 is 1.40 bits per heavy atom. The molecule has 0 atom stereocenters. The molecule has 0 spiro atoms. The first-order valence-electron chi connectivity index (χ1n) is 4.21. The Kier molecular flexibility index (Phi) is 2.96. The van der Waals surface area contributed by atoms with E-state index in [0.717, 1.165) is 24.6 Å². The second-order valence-corrected chi connectivity index (χ2v) is 4.88. The third kappa shape index (κ3) is 1.76. The molecule has 6 heteroatoms. The highest BCUT2D eigenvalue weighted by Crippen LogP contribution is 2.33. The molecule has 0 aliphatic rings. The van der Waals surface area contributed by atoms with Gasteiger partial charge in [0.2, 0.25) is 0 Å². The van der Waals surface area contributed by atoms with Crippen molar-refractivity contribution in [1.82, 2.24) is 9.97 Å². The minimum Gasteiger partial charge on any atom is -0.383 e. The van der Waals surface area contributed by atoms with E-state index in [4.69, 9.17) is 5.73 Å². The first-order valence-corrected chi connectivity index (χ1v) is 6.08. The summed E-state index contributed by atoms with van der Waals surface area (Å²) in [7, 11) is 1.83. The van der Waals surface area contributed by atoms with Crippen LogP contribution in [0.15, 0.2) is 16.9 Å². The molecule has 0 fully saturated rings. The fraction of sp³-hybridized carbons (Fsp3) is 0.111. The minimum atomic E-state index is 0.539. The highest BCUT2D eigenvalue weighted by atomic mass is 127. The van der Waals surface area contributed by atoms with Gasteiger partial charge in [0.25, 0.3) is 0 Å². The smallest absolute Gasteiger partial charge is 0.137 e. The molecular weight excluding hydrogens is 371 g/mol. The summed E-state index contributed by atoms with van der Waals surface area (Å²) in [6.45, 7) is 0. The molecule has 0 saturated carbocycles. The predicted molar refractivity (Wildman–Crippen MR) is 73.9 cm³/mol. The first-order chi connectivity index (χ1) is 7.15. The molecule has 0 amide bonds. The average molecular weight is 379 g/mol. The van der Waals surface area contributed by atoms with Crippen molar-refractivity contribution in [3.63, 3.8) is 0 Å². The third-order valence-corrected chi connectivity index (χ3v) is 3.78. The quantitative estimate of drug-likeness (QED) is 0.749. The van der Waals surface area contributed by atoms with Gasteiger partial charge in [-0.2, -0.15) is 0 Å². The number of fused-ring (bicyclic) bond motifs is 1. The Balaban J connectivity index is 2.93. The van der Waals surface area contributed by atoms with Gasteiger partial charge in [0.15, 0.2) is 0 Å². The lowest BCUT2D eigenvalue weighted by Crippen LogP contribution is -1.99. The van der Waals surface area contributed by atoms with Crippen molar-refractivity contribution in [3.05, 3.63) is 20.4 Å². The molecule has 78 valence electrons. The zero-order chi connectivity index (χ0) is 11.0. The van der Waals surface area contributed by atoms with Crippen LogP contribution in [-0.4, -0.2) is 17.0 Å². The van der Waals surface area contributed by atoms with Gasteiger partial charge < -0.3 is 11.1 Å². The fourth-order valence-electron chi connectivity index (χ4n) is 1.37. The lowest BCUT2D eigenvalue weighted by molar-refractivity contribution is 1.28. The van der Waals surface area contributed by atoms with Crippen molar-refractivity contribution in [2.45, 2.75) is 0 Å². The number of hydrogen-bond acceptors (Lipinski definition) is 4. The molecule has 0 unspecified atom stereocenters. The summed E-state index contributed by atoms with van der Waals surface area (Å²) in [5.74, 6) is 1.34. The molecule has 2 aromatic rings. The summed E-state index contributed by atoms with van der Waals surface area (Å²) in [5, 5.41) is 5.04. The molecule has 2 rings (SSSR count). The SMILES string of the molecule is CNc1ncc(Br)c2c(I)c(N)ncc12. The maximum Gasteiger partial charge on any atom is 0.137 e. The van der Waals surface area contributed by atoms with Gasteiger partial charge >= 0.3 is 0 Å². The molecule has 0 radical (unpaired) electrons. The standard InChI is InChI=1S/C9H8BrIN4/c1-13-9-4-2-14-8(12)7(11)6(4)5(10)3-15-9/h2-3H,1H3,(H2,12,14)(H,13,15). The monoisotopic (exact) mass is 378 g/mol. The van der Waals surface area contributed by atoms with Crippen LogP contribution in [0.25, 0.3) is 10.8 Å². The fourth-order valence-corrected chi connectivity index (χ4v) is 2.97. The zero-order valence-corrected chi connectivity index (χ0v) is 11.6. The summed E-state index contributed by atoms with van der Waals surface area (Å²) in [6.07, 6.45) is 3.49. The molecule has 15 heavy (non-hydrogen) atoms. The minimum absolute atomic E-state index is 0.539. The van der Waals surface area contributed by atoms with Gasteiger partial charge in [-0.3, -0.25) is 0 Å².